The number of aromatic nitrogens is 2. The van der Waals surface area contributed by atoms with Crippen molar-refractivity contribution in [2.24, 2.45) is 5.92 Å². The van der Waals surface area contributed by atoms with E-state index in [-0.39, 0.29) is 48.6 Å². The molecule has 0 aliphatic carbocycles. The molecule has 13 nitrogen and oxygen atoms in total. The maximum atomic E-state index is 13.6. The van der Waals surface area contributed by atoms with Crippen molar-refractivity contribution in [1.82, 2.24) is 19.3 Å². The van der Waals surface area contributed by atoms with Crippen molar-refractivity contribution in [2.45, 2.75) is 44.0 Å². The molecule has 2 heterocycles. The highest BCUT2D eigenvalue weighted by Crippen LogP contribution is 2.35. The number of hydrogen-bond donors (Lipinski definition) is 3. The number of carbonyl (C=O) groups is 1. The average Bonchev–Trinajstić information content (AvgIpc) is 3.47. The van der Waals surface area contributed by atoms with Crippen LogP contribution in [0.1, 0.15) is 32.3 Å². The Morgan fingerprint density at radius 3 is 2.51 bits per heavy atom. The molecule has 14 heteroatoms. The second-order valence-corrected chi connectivity index (χ2v) is 12.3. The summed E-state index contributed by atoms with van der Waals surface area (Å²) in [6, 6.07) is 12.4. The molecule has 0 saturated heterocycles. The van der Waals surface area contributed by atoms with Crippen molar-refractivity contribution in [3.05, 3.63) is 66.5 Å². The van der Waals surface area contributed by atoms with E-state index in [4.69, 9.17) is 14.2 Å². The first-order valence-corrected chi connectivity index (χ1v) is 15.4. The van der Waals surface area contributed by atoms with Crippen LogP contribution in [-0.2, 0) is 16.4 Å². The van der Waals surface area contributed by atoms with Crippen LogP contribution in [0.15, 0.2) is 65.8 Å². The predicted molar refractivity (Wildman–Crippen MR) is 157 cm³/mol. The third kappa shape index (κ3) is 8.92. The minimum atomic E-state index is -3.94. The van der Waals surface area contributed by atoms with Crippen molar-refractivity contribution < 1.29 is 37.7 Å². The largest absolute Gasteiger partial charge is 0.494 e. The van der Waals surface area contributed by atoms with E-state index in [1.54, 1.807) is 48.8 Å². The van der Waals surface area contributed by atoms with Gasteiger partial charge in [0.05, 0.1) is 17.5 Å². The summed E-state index contributed by atoms with van der Waals surface area (Å²) >= 11 is 0. The maximum Gasteiger partial charge on any atom is 0.431 e. The zero-order valence-corrected chi connectivity index (χ0v) is 24.9. The first-order chi connectivity index (χ1) is 20.6. The van der Waals surface area contributed by atoms with E-state index in [1.807, 2.05) is 13.8 Å². The molecule has 3 N–H and O–H groups in total. The van der Waals surface area contributed by atoms with Crippen LogP contribution in [0.5, 0.6) is 17.2 Å². The lowest BCUT2D eigenvalue weighted by Crippen LogP contribution is -2.42. The van der Waals surface area contributed by atoms with E-state index < -0.39 is 22.2 Å². The molecule has 232 valence electrons. The number of anilines is 1. The van der Waals surface area contributed by atoms with Crippen LogP contribution < -0.4 is 19.5 Å². The zero-order chi connectivity index (χ0) is 30.8. The molecular formula is C29H37N5O8S. The molecule has 1 amide bonds. The van der Waals surface area contributed by atoms with Gasteiger partial charge >= 0.3 is 6.09 Å². The van der Waals surface area contributed by atoms with Crippen LogP contribution in [0.2, 0.25) is 0 Å². The summed E-state index contributed by atoms with van der Waals surface area (Å²) in [5.74, 6) is 2.02. The molecule has 0 saturated carbocycles. The molecule has 43 heavy (non-hydrogen) atoms. The van der Waals surface area contributed by atoms with Gasteiger partial charge in [0.2, 0.25) is 22.8 Å². The quantitative estimate of drug-likeness (QED) is 0.121. The first-order valence-electron chi connectivity index (χ1n) is 14.0. The molecule has 3 aromatic rings. The number of fused-ring (bicyclic) bond motifs is 1. The molecule has 1 atom stereocenters. The van der Waals surface area contributed by atoms with Gasteiger partial charge in [-0.2, -0.15) is 9.37 Å². The normalized spacial score (nSPS) is 13.2. The second kappa shape index (κ2) is 14.8. The Balaban J connectivity index is 1.36. The summed E-state index contributed by atoms with van der Waals surface area (Å²) in [5, 5.41) is 23.2. The standard InChI is InChI=1S/C29H37N5O8S/c1-21(2)19-33(43(38,39)25-9-10-26-27(18-25)42-20-41-26)15-11-23(34(37)29(35)36)17-22-5-7-24(8-6-22)40-16-4-14-32-28-30-12-3-13-31-28/h3,5-10,12-13,18,21,23,37H,4,11,14-17,19-20H2,1-2H3,(H,35,36)(H,30,31,32). The molecule has 1 aliphatic rings. The number of carboxylic acid groups (broad SMARTS) is 1. The van der Waals surface area contributed by atoms with Gasteiger partial charge in [-0.05, 0) is 61.1 Å². The van der Waals surface area contributed by atoms with Crippen LogP contribution in [0.25, 0.3) is 0 Å². The highest BCUT2D eigenvalue weighted by molar-refractivity contribution is 7.89. The van der Waals surface area contributed by atoms with E-state index in [2.05, 4.69) is 15.3 Å². The van der Waals surface area contributed by atoms with Crippen molar-refractivity contribution in [1.29, 1.82) is 0 Å². The lowest BCUT2D eigenvalue weighted by atomic mass is 10.0. The van der Waals surface area contributed by atoms with E-state index in [0.717, 1.165) is 12.0 Å². The number of ether oxygens (including phenoxy) is 3. The maximum absolute atomic E-state index is 13.6. The molecule has 0 radical (unpaired) electrons. The van der Waals surface area contributed by atoms with Crippen molar-refractivity contribution >= 4 is 22.1 Å². The minimum Gasteiger partial charge on any atom is -0.494 e. The van der Waals surface area contributed by atoms with Crippen molar-refractivity contribution in [3.63, 3.8) is 0 Å². The number of benzene rings is 2. The number of nitrogens with zero attached hydrogens (tertiary/aromatic N) is 4. The summed E-state index contributed by atoms with van der Waals surface area (Å²) in [7, 11) is -3.94. The summed E-state index contributed by atoms with van der Waals surface area (Å²) < 4.78 is 44.9. The third-order valence-corrected chi connectivity index (χ3v) is 8.50. The number of hydrogen-bond acceptors (Lipinski definition) is 10. The van der Waals surface area contributed by atoms with Crippen molar-refractivity contribution in [2.75, 3.05) is 38.4 Å². The molecule has 0 fully saturated rings. The Labute approximate surface area is 251 Å². The van der Waals surface area contributed by atoms with Gasteiger partial charge in [0.15, 0.2) is 11.5 Å². The first kappa shape index (κ1) is 31.8. The fraction of sp³-hybridized carbons (Fsp3) is 0.414. The predicted octanol–water partition coefficient (Wildman–Crippen LogP) is 4.10. The molecule has 1 unspecified atom stereocenters. The third-order valence-electron chi connectivity index (χ3n) is 6.64. The second-order valence-electron chi connectivity index (χ2n) is 10.4. The molecule has 1 aromatic heterocycles. The van der Waals surface area contributed by atoms with Gasteiger partial charge in [0.1, 0.15) is 5.75 Å². The number of sulfonamides is 1. The Kier molecular flexibility index (Phi) is 11.0. The average molecular weight is 616 g/mol. The molecule has 2 aromatic carbocycles. The van der Waals surface area contributed by atoms with Gasteiger partial charge in [-0.1, -0.05) is 26.0 Å². The van der Waals surface area contributed by atoms with Gasteiger partial charge in [0, 0.05) is 38.1 Å². The Morgan fingerprint density at radius 1 is 1.09 bits per heavy atom. The van der Waals surface area contributed by atoms with Gasteiger partial charge in [0.25, 0.3) is 0 Å². The fourth-order valence-electron chi connectivity index (χ4n) is 4.51. The fourth-order valence-corrected chi connectivity index (χ4v) is 6.14. The van der Waals surface area contributed by atoms with E-state index in [0.29, 0.717) is 36.3 Å². The van der Waals surface area contributed by atoms with E-state index in [9.17, 15) is 23.5 Å². The van der Waals surface area contributed by atoms with E-state index in [1.165, 1.54) is 16.4 Å². The highest BCUT2D eigenvalue weighted by atomic mass is 32.2. The van der Waals surface area contributed by atoms with Gasteiger partial charge in [-0.15, -0.1) is 0 Å². The Hall–Kier alpha value is -4.14. The molecule has 1 aliphatic heterocycles. The van der Waals surface area contributed by atoms with Gasteiger partial charge < -0.3 is 24.6 Å². The number of rotatable bonds is 16. The summed E-state index contributed by atoms with van der Waals surface area (Å²) in [6.45, 7) is 5.13. The lowest BCUT2D eigenvalue weighted by Gasteiger charge is -2.28. The van der Waals surface area contributed by atoms with E-state index >= 15 is 0 Å². The topological polar surface area (TPSA) is 164 Å². The Morgan fingerprint density at radius 2 is 1.81 bits per heavy atom. The van der Waals surface area contributed by atoms with Crippen LogP contribution in [0.4, 0.5) is 10.7 Å². The van der Waals surface area contributed by atoms with Gasteiger partial charge in [-0.3, -0.25) is 5.21 Å². The van der Waals surface area contributed by atoms with Crippen LogP contribution in [-0.4, -0.2) is 83.2 Å². The minimum absolute atomic E-state index is 0.00179. The van der Waals surface area contributed by atoms with Crippen molar-refractivity contribution in [3.8, 4) is 17.2 Å². The number of hydroxylamine groups is 2. The molecule has 4 rings (SSSR count). The summed E-state index contributed by atoms with van der Waals surface area (Å²) in [4.78, 5) is 19.9. The van der Waals surface area contributed by atoms with Crippen LogP contribution in [0, 0.1) is 5.92 Å². The number of nitrogens with one attached hydrogen (secondary N) is 1. The summed E-state index contributed by atoms with van der Waals surface area (Å²) in [5.41, 5.74) is 0.759. The summed E-state index contributed by atoms with van der Waals surface area (Å²) in [6.07, 6.45) is 2.76. The zero-order valence-electron chi connectivity index (χ0n) is 24.1. The van der Waals surface area contributed by atoms with Crippen LogP contribution >= 0.6 is 0 Å². The lowest BCUT2D eigenvalue weighted by molar-refractivity contribution is -0.0984. The molecule has 0 spiro atoms. The monoisotopic (exact) mass is 615 g/mol. The number of amides is 1. The molecular weight excluding hydrogens is 578 g/mol. The SMILES string of the molecule is CC(C)CN(CCC(Cc1ccc(OCCCNc2ncccn2)cc1)N(O)C(=O)O)S(=O)(=O)c1ccc2c(c1)OCO2. The van der Waals surface area contributed by atoms with Gasteiger partial charge in [-0.25, -0.2) is 23.2 Å². The highest BCUT2D eigenvalue weighted by Gasteiger charge is 2.30. The molecule has 0 bridgehead atoms. The Bertz CT molecular complexity index is 1440. The smallest absolute Gasteiger partial charge is 0.431 e. The van der Waals surface area contributed by atoms with Crippen LogP contribution in [0.3, 0.4) is 0 Å².